The predicted octanol–water partition coefficient (Wildman–Crippen LogP) is 3.43. The average Bonchev–Trinajstić information content (AvgIpc) is 2.38. The van der Waals surface area contributed by atoms with Crippen LogP contribution in [0.4, 0.5) is 0 Å². The van der Waals surface area contributed by atoms with Crippen molar-refractivity contribution in [3.63, 3.8) is 0 Å². The first-order valence-corrected chi connectivity index (χ1v) is 8.02. The molecule has 0 aliphatic rings. The maximum Gasteiger partial charge on any atom is 0.241 e. The van der Waals surface area contributed by atoms with E-state index in [1.165, 1.54) is 18.2 Å². The Hall–Kier alpha value is -1.14. The van der Waals surface area contributed by atoms with Crippen LogP contribution in [0.2, 0.25) is 10.0 Å². The third-order valence-corrected chi connectivity index (χ3v) is 4.57. The second kappa shape index (κ2) is 6.10. The molecule has 1 aromatic heterocycles. The molecule has 20 heavy (non-hydrogen) atoms. The van der Waals surface area contributed by atoms with E-state index in [0.717, 1.165) is 0 Å². The summed E-state index contributed by atoms with van der Waals surface area (Å²) in [5.74, 6) is 0. The lowest BCUT2D eigenvalue weighted by Crippen LogP contribution is -2.27. The van der Waals surface area contributed by atoms with Crippen LogP contribution in [0.5, 0.6) is 0 Å². The zero-order valence-electron chi connectivity index (χ0n) is 10.5. The molecule has 7 heteroatoms. The molecule has 0 aliphatic carbocycles. The fraction of sp³-hybridized carbons (Fsp3) is 0.154. The number of rotatable bonds is 4. The Morgan fingerprint density at radius 1 is 1.15 bits per heavy atom. The number of nitrogens with one attached hydrogen (secondary N) is 1. The Kier molecular flexibility index (Phi) is 4.65. The van der Waals surface area contributed by atoms with Gasteiger partial charge in [-0.2, -0.15) is 0 Å². The molecule has 1 heterocycles. The van der Waals surface area contributed by atoms with Crippen molar-refractivity contribution in [3.8, 4) is 0 Å². The monoisotopic (exact) mass is 330 g/mol. The van der Waals surface area contributed by atoms with E-state index in [9.17, 15) is 8.42 Å². The number of hydrogen-bond donors (Lipinski definition) is 1. The molecule has 1 aromatic carbocycles. The quantitative estimate of drug-likeness (QED) is 0.934. The fourth-order valence-corrected chi connectivity index (χ4v) is 3.62. The zero-order chi connectivity index (χ0) is 14.8. The number of nitrogens with zero attached hydrogens (tertiary/aromatic N) is 1. The van der Waals surface area contributed by atoms with Gasteiger partial charge in [-0.1, -0.05) is 29.3 Å². The van der Waals surface area contributed by atoms with Crippen LogP contribution < -0.4 is 4.72 Å². The standard InChI is InChI=1S/C13H12Cl2N2O2S/c1-9(13-4-2-3-5-16-13)17-20(18,19)12-7-10(14)6-11(15)8-12/h2-9,17H,1H3/t9-/m1/s1. The summed E-state index contributed by atoms with van der Waals surface area (Å²) in [6.07, 6.45) is 1.61. The van der Waals surface area contributed by atoms with Crippen molar-refractivity contribution in [2.45, 2.75) is 17.9 Å². The van der Waals surface area contributed by atoms with Crippen LogP contribution in [0.25, 0.3) is 0 Å². The van der Waals surface area contributed by atoms with E-state index in [2.05, 4.69) is 9.71 Å². The van der Waals surface area contributed by atoms with Crippen molar-refractivity contribution in [3.05, 3.63) is 58.3 Å². The molecule has 1 atom stereocenters. The highest BCUT2D eigenvalue weighted by molar-refractivity contribution is 7.89. The summed E-state index contributed by atoms with van der Waals surface area (Å²) in [5, 5.41) is 0.534. The molecule has 0 radical (unpaired) electrons. The Balaban J connectivity index is 2.27. The van der Waals surface area contributed by atoms with E-state index in [4.69, 9.17) is 23.2 Å². The lowest BCUT2D eigenvalue weighted by molar-refractivity contribution is 0.564. The van der Waals surface area contributed by atoms with Gasteiger partial charge in [0.15, 0.2) is 0 Å². The number of sulfonamides is 1. The number of pyridine rings is 1. The van der Waals surface area contributed by atoms with Crippen LogP contribution in [0.15, 0.2) is 47.5 Å². The van der Waals surface area contributed by atoms with Gasteiger partial charge in [0.1, 0.15) is 0 Å². The van der Waals surface area contributed by atoms with Gasteiger partial charge in [0.2, 0.25) is 10.0 Å². The molecule has 0 bridgehead atoms. The van der Waals surface area contributed by atoms with Gasteiger partial charge in [-0.05, 0) is 37.3 Å². The maximum atomic E-state index is 12.3. The van der Waals surface area contributed by atoms with E-state index in [-0.39, 0.29) is 14.9 Å². The highest BCUT2D eigenvalue weighted by Gasteiger charge is 2.19. The SMILES string of the molecule is C[C@@H](NS(=O)(=O)c1cc(Cl)cc(Cl)c1)c1ccccn1. The minimum atomic E-state index is -3.71. The molecule has 0 saturated heterocycles. The number of benzene rings is 1. The third kappa shape index (κ3) is 3.70. The summed E-state index contributed by atoms with van der Waals surface area (Å²) in [7, 11) is -3.71. The molecule has 2 rings (SSSR count). The number of halogens is 2. The van der Waals surface area contributed by atoms with Gasteiger partial charge in [0, 0.05) is 16.2 Å². The molecule has 0 spiro atoms. The molecular weight excluding hydrogens is 319 g/mol. The molecule has 0 aliphatic heterocycles. The van der Waals surface area contributed by atoms with Gasteiger partial charge in [-0.25, -0.2) is 13.1 Å². The Bertz CT molecular complexity index is 685. The van der Waals surface area contributed by atoms with Crippen LogP contribution in [-0.4, -0.2) is 13.4 Å². The molecule has 4 nitrogen and oxygen atoms in total. The Labute approximate surface area is 127 Å². The van der Waals surface area contributed by atoms with Gasteiger partial charge >= 0.3 is 0 Å². The summed E-state index contributed by atoms with van der Waals surface area (Å²) in [6, 6.07) is 9.02. The third-order valence-electron chi connectivity index (χ3n) is 2.61. The lowest BCUT2D eigenvalue weighted by atomic mass is 10.2. The van der Waals surface area contributed by atoms with Crippen LogP contribution in [0, 0.1) is 0 Å². The van der Waals surface area contributed by atoms with E-state index in [1.54, 1.807) is 31.3 Å². The first-order chi connectivity index (χ1) is 9.38. The summed E-state index contributed by atoms with van der Waals surface area (Å²) < 4.78 is 27.1. The second-order valence-corrected chi connectivity index (χ2v) is 6.79. The minimum absolute atomic E-state index is 0.0257. The van der Waals surface area contributed by atoms with E-state index < -0.39 is 16.1 Å². The predicted molar refractivity (Wildman–Crippen MR) is 79.4 cm³/mol. The molecule has 0 fully saturated rings. The highest BCUT2D eigenvalue weighted by atomic mass is 35.5. The van der Waals surface area contributed by atoms with E-state index in [0.29, 0.717) is 5.69 Å². The molecule has 1 N–H and O–H groups in total. The second-order valence-electron chi connectivity index (χ2n) is 4.20. The topological polar surface area (TPSA) is 59.1 Å². The van der Waals surface area contributed by atoms with Crippen molar-refractivity contribution in [1.29, 1.82) is 0 Å². The highest BCUT2D eigenvalue weighted by Crippen LogP contribution is 2.23. The smallest absolute Gasteiger partial charge is 0.241 e. The molecule has 0 amide bonds. The maximum absolute atomic E-state index is 12.3. The lowest BCUT2D eigenvalue weighted by Gasteiger charge is -2.14. The molecule has 0 saturated carbocycles. The van der Waals surface area contributed by atoms with Gasteiger partial charge in [0.25, 0.3) is 0 Å². The first kappa shape index (κ1) is 15.3. The van der Waals surface area contributed by atoms with Crippen molar-refractivity contribution < 1.29 is 8.42 Å². The van der Waals surface area contributed by atoms with Gasteiger partial charge in [-0.3, -0.25) is 4.98 Å². The van der Waals surface area contributed by atoms with Crippen molar-refractivity contribution in [2.24, 2.45) is 0 Å². The summed E-state index contributed by atoms with van der Waals surface area (Å²) in [5.41, 5.74) is 0.629. The average molecular weight is 331 g/mol. The van der Waals surface area contributed by atoms with E-state index >= 15 is 0 Å². The van der Waals surface area contributed by atoms with Crippen molar-refractivity contribution in [2.75, 3.05) is 0 Å². The summed E-state index contributed by atoms with van der Waals surface area (Å²) >= 11 is 11.6. The van der Waals surface area contributed by atoms with Gasteiger partial charge in [-0.15, -0.1) is 0 Å². The molecule has 106 valence electrons. The fourth-order valence-electron chi connectivity index (χ4n) is 1.68. The number of aromatic nitrogens is 1. The van der Waals surface area contributed by atoms with Crippen LogP contribution in [0.1, 0.15) is 18.7 Å². The largest absolute Gasteiger partial charge is 0.260 e. The van der Waals surface area contributed by atoms with Gasteiger partial charge < -0.3 is 0 Å². The normalized spacial score (nSPS) is 13.2. The first-order valence-electron chi connectivity index (χ1n) is 5.78. The Morgan fingerprint density at radius 2 is 1.80 bits per heavy atom. The number of hydrogen-bond acceptors (Lipinski definition) is 3. The van der Waals surface area contributed by atoms with Crippen LogP contribution >= 0.6 is 23.2 Å². The molecule has 2 aromatic rings. The summed E-state index contributed by atoms with van der Waals surface area (Å²) in [4.78, 5) is 4.14. The minimum Gasteiger partial charge on any atom is -0.260 e. The molecule has 0 unspecified atom stereocenters. The van der Waals surface area contributed by atoms with Crippen LogP contribution in [0.3, 0.4) is 0 Å². The summed E-state index contributed by atoms with van der Waals surface area (Å²) in [6.45, 7) is 1.71. The van der Waals surface area contributed by atoms with E-state index in [1.807, 2.05) is 0 Å². The van der Waals surface area contributed by atoms with Crippen LogP contribution in [-0.2, 0) is 10.0 Å². The van der Waals surface area contributed by atoms with Crippen molar-refractivity contribution >= 4 is 33.2 Å². The molecular formula is C13H12Cl2N2O2S. The van der Waals surface area contributed by atoms with Crippen molar-refractivity contribution in [1.82, 2.24) is 9.71 Å². The zero-order valence-corrected chi connectivity index (χ0v) is 12.9. The van der Waals surface area contributed by atoms with Gasteiger partial charge in [0.05, 0.1) is 16.6 Å². The Morgan fingerprint density at radius 3 is 2.35 bits per heavy atom.